The number of hydrogen-bond acceptors (Lipinski definition) is 5. The van der Waals surface area contributed by atoms with Crippen LogP contribution in [0.25, 0.3) is 10.3 Å². The number of fused-ring (bicyclic) bond motifs is 3. The summed E-state index contributed by atoms with van der Waals surface area (Å²) in [6.07, 6.45) is 4.96. The number of ether oxygens (including phenoxy) is 1. The molecule has 0 aliphatic carbocycles. The molecule has 100 valence electrons. The Hall–Kier alpha value is -1.33. The first-order valence-electron chi connectivity index (χ1n) is 6.73. The summed E-state index contributed by atoms with van der Waals surface area (Å²) in [4.78, 5) is 10.9. The van der Waals surface area contributed by atoms with Crippen molar-refractivity contribution < 1.29 is 9.15 Å². The molecule has 2 aliphatic heterocycles. The molecule has 0 radical (unpaired) electrons. The molecule has 4 rings (SSSR count). The molecule has 2 atom stereocenters. The SMILES string of the molecule is O=c1oc2cc(OC3CC4CCC(C3)N4)ccc2s1. The van der Waals surface area contributed by atoms with Crippen molar-refractivity contribution in [2.45, 2.75) is 43.9 Å². The molecule has 19 heavy (non-hydrogen) atoms. The summed E-state index contributed by atoms with van der Waals surface area (Å²) in [5.74, 6) is 0.806. The van der Waals surface area contributed by atoms with Crippen molar-refractivity contribution >= 4 is 21.6 Å². The lowest BCUT2D eigenvalue weighted by molar-refractivity contribution is 0.137. The molecule has 2 bridgehead atoms. The predicted octanol–water partition coefficient (Wildman–Crippen LogP) is 2.52. The largest absolute Gasteiger partial charge is 0.490 e. The Kier molecular flexibility index (Phi) is 2.63. The molecule has 2 saturated heterocycles. The van der Waals surface area contributed by atoms with E-state index in [4.69, 9.17) is 9.15 Å². The fraction of sp³-hybridized carbons (Fsp3) is 0.500. The van der Waals surface area contributed by atoms with E-state index in [9.17, 15) is 4.79 Å². The molecular formula is C14H15NO3S. The summed E-state index contributed by atoms with van der Waals surface area (Å²) in [5, 5.41) is 3.60. The average Bonchev–Trinajstić information content (AvgIpc) is 2.91. The number of rotatable bonds is 2. The molecule has 2 fully saturated rings. The topological polar surface area (TPSA) is 51.5 Å². The highest BCUT2D eigenvalue weighted by atomic mass is 32.1. The average molecular weight is 277 g/mol. The van der Waals surface area contributed by atoms with Crippen LogP contribution in [0.4, 0.5) is 0 Å². The highest BCUT2D eigenvalue weighted by molar-refractivity contribution is 7.16. The monoisotopic (exact) mass is 277 g/mol. The Morgan fingerprint density at radius 1 is 1.26 bits per heavy atom. The van der Waals surface area contributed by atoms with Crippen molar-refractivity contribution in [3.05, 3.63) is 27.9 Å². The normalized spacial score (nSPS) is 29.8. The summed E-state index contributed by atoms with van der Waals surface area (Å²) in [6, 6.07) is 6.89. The molecule has 0 saturated carbocycles. The summed E-state index contributed by atoms with van der Waals surface area (Å²) < 4.78 is 12.1. The fourth-order valence-corrected chi connectivity index (χ4v) is 3.87. The number of hydrogen-bond donors (Lipinski definition) is 1. The molecule has 5 heteroatoms. The summed E-state index contributed by atoms with van der Waals surface area (Å²) in [7, 11) is 0. The van der Waals surface area contributed by atoms with E-state index in [0.717, 1.165) is 34.6 Å². The molecule has 2 aromatic rings. The molecule has 0 spiro atoms. The van der Waals surface area contributed by atoms with Gasteiger partial charge in [0.1, 0.15) is 11.9 Å². The summed E-state index contributed by atoms with van der Waals surface area (Å²) >= 11 is 1.13. The van der Waals surface area contributed by atoms with Gasteiger partial charge >= 0.3 is 4.94 Å². The maximum atomic E-state index is 11.2. The minimum Gasteiger partial charge on any atom is -0.490 e. The minimum atomic E-state index is -0.257. The van der Waals surface area contributed by atoms with Crippen LogP contribution in [-0.2, 0) is 0 Å². The van der Waals surface area contributed by atoms with Gasteiger partial charge < -0.3 is 14.5 Å². The van der Waals surface area contributed by atoms with Gasteiger partial charge in [-0.3, -0.25) is 0 Å². The van der Waals surface area contributed by atoms with Crippen LogP contribution in [0.2, 0.25) is 0 Å². The van der Waals surface area contributed by atoms with E-state index in [-0.39, 0.29) is 11.0 Å². The van der Waals surface area contributed by atoms with E-state index >= 15 is 0 Å². The third kappa shape index (κ3) is 2.17. The lowest BCUT2D eigenvalue weighted by atomic mass is 10.0. The van der Waals surface area contributed by atoms with Crippen LogP contribution in [-0.4, -0.2) is 18.2 Å². The van der Waals surface area contributed by atoms with Gasteiger partial charge in [-0.1, -0.05) is 11.3 Å². The maximum absolute atomic E-state index is 11.2. The molecule has 1 aromatic carbocycles. The Morgan fingerprint density at radius 2 is 2.05 bits per heavy atom. The van der Waals surface area contributed by atoms with Crippen molar-refractivity contribution in [1.82, 2.24) is 5.32 Å². The quantitative estimate of drug-likeness (QED) is 0.916. The second-order valence-corrected chi connectivity index (χ2v) is 6.39. The molecule has 4 nitrogen and oxygen atoms in total. The van der Waals surface area contributed by atoms with Crippen LogP contribution in [0.5, 0.6) is 5.75 Å². The van der Waals surface area contributed by atoms with Crippen molar-refractivity contribution in [2.75, 3.05) is 0 Å². The summed E-state index contributed by atoms with van der Waals surface area (Å²) in [6.45, 7) is 0. The van der Waals surface area contributed by atoms with Gasteiger partial charge in [0.15, 0.2) is 5.58 Å². The lowest BCUT2D eigenvalue weighted by Gasteiger charge is -2.29. The first-order chi connectivity index (χ1) is 9.26. The van der Waals surface area contributed by atoms with Crippen molar-refractivity contribution in [3.8, 4) is 5.75 Å². The van der Waals surface area contributed by atoms with Crippen LogP contribution in [0.3, 0.4) is 0 Å². The second kappa shape index (κ2) is 4.35. The number of nitrogens with one attached hydrogen (secondary N) is 1. The molecular weight excluding hydrogens is 262 g/mol. The van der Waals surface area contributed by atoms with E-state index in [1.807, 2.05) is 18.2 Å². The Bertz CT molecular complexity index is 650. The van der Waals surface area contributed by atoms with E-state index in [2.05, 4.69) is 5.32 Å². The van der Waals surface area contributed by atoms with Gasteiger partial charge in [0.25, 0.3) is 0 Å². The van der Waals surface area contributed by atoms with Crippen LogP contribution < -0.4 is 15.0 Å². The van der Waals surface area contributed by atoms with E-state index < -0.39 is 0 Å². The van der Waals surface area contributed by atoms with Crippen LogP contribution >= 0.6 is 11.3 Å². The second-order valence-electron chi connectivity index (χ2n) is 5.41. The maximum Gasteiger partial charge on any atom is 0.396 e. The van der Waals surface area contributed by atoms with Gasteiger partial charge in [-0.2, -0.15) is 0 Å². The van der Waals surface area contributed by atoms with Gasteiger partial charge in [-0.05, 0) is 37.8 Å². The van der Waals surface area contributed by atoms with Gasteiger partial charge in [0.2, 0.25) is 0 Å². The number of benzene rings is 1. The van der Waals surface area contributed by atoms with Gasteiger partial charge in [0, 0.05) is 18.2 Å². The van der Waals surface area contributed by atoms with Gasteiger partial charge in [-0.25, -0.2) is 4.79 Å². The smallest absolute Gasteiger partial charge is 0.396 e. The third-order valence-electron chi connectivity index (χ3n) is 4.03. The van der Waals surface area contributed by atoms with Gasteiger partial charge in [0.05, 0.1) is 4.70 Å². The first-order valence-corrected chi connectivity index (χ1v) is 7.54. The Labute approximate surface area is 114 Å². The summed E-state index contributed by atoms with van der Waals surface area (Å²) in [5.41, 5.74) is 0.629. The lowest BCUT2D eigenvalue weighted by Crippen LogP contribution is -2.42. The molecule has 0 amide bonds. The molecule has 1 aromatic heterocycles. The minimum absolute atomic E-state index is 0.257. The van der Waals surface area contributed by atoms with Gasteiger partial charge in [-0.15, -0.1) is 0 Å². The fourth-order valence-electron chi connectivity index (χ4n) is 3.22. The van der Waals surface area contributed by atoms with Crippen molar-refractivity contribution in [1.29, 1.82) is 0 Å². The van der Waals surface area contributed by atoms with Crippen molar-refractivity contribution in [2.24, 2.45) is 0 Å². The predicted molar refractivity (Wildman–Crippen MR) is 74.0 cm³/mol. The molecule has 3 heterocycles. The van der Waals surface area contributed by atoms with E-state index in [1.165, 1.54) is 12.8 Å². The zero-order valence-electron chi connectivity index (χ0n) is 10.4. The zero-order valence-corrected chi connectivity index (χ0v) is 11.2. The standard InChI is InChI=1S/C14H15NO3S/c16-14-18-12-7-10(3-4-13(12)19-14)17-11-5-8-1-2-9(6-11)15-8/h3-4,7-9,11,15H,1-2,5-6H2. The Balaban J connectivity index is 1.56. The van der Waals surface area contributed by atoms with E-state index in [1.54, 1.807) is 0 Å². The first kappa shape index (κ1) is 11.5. The van der Waals surface area contributed by atoms with E-state index in [0.29, 0.717) is 17.7 Å². The zero-order chi connectivity index (χ0) is 12.8. The van der Waals surface area contributed by atoms with Crippen LogP contribution in [0.1, 0.15) is 25.7 Å². The highest BCUT2D eigenvalue weighted by Gasteiger charge is 2.34. The molecule has 1 N–H and O–H groups in total. The van der Waals surface area contributed by atoms with Crippen LogP contribution in [0.15, 0.2) is 27.4 Å². The van der Waals surface area contributed by atoms with Crippen LogP contribution in [0, 0.1) is 0 Å². The number of piperidine rings is 1. The van der Waals surface area contributed by atoms with Crippen molar-refractivity contribution in [3.63, 3.8) is 0 Å². The molecule has 2 unspecified atom stereocenters. The molecule has 2 aliphatic rings. The third-order valence-corrected chi connectivity index (χ3v) is 4.84. The highest BCUT2D eigenvalue weighted by Crippen LogP contribution is 2.30. The Morgan fingerprint density at radius 3 is 2.84 bits per heavy atom.